The predicted octanol–water partition coefficient (Wildman–Crippen LogP) is 5.98. The zero-order chi connectivity index (χ0) is 23.6. The van der Waals surface area contributed by atoms with Crippen molar-refractivity contribution in [2.24, 2.45) is 0 Å². The molecule has 0 aliphatic carbocycles. The second-order valence-corrected chi connectivity index (χ2v) is 10.8. The van der Waals surface area contributed by atoms with Crippen LogP contribution in [0, 0.1) is 5.82 Å². The molecule has 0 saturated carbocycles. The molecule has 4 rings (SSSR count). The number of fused-ring (bicyclic) bond motifs is 1. The minimum atomic E-state index is -1.54. The predicted molar refractivity (Wildman–Crippen MR) is 130 cm³/mol. The van der Waals surface area contributed by atoms with E-state index in [2.05, 4.69) is 14.9 Å². The summed E-state index contributed by atoms with van der Waals surface area (Å²) < 4.78 is 11.9. The molecular weight excluding hydrogens is 490 g/mol. The van der Waals surface area contributed by atoms with Crippen LogP contribution in [0.5, 0.6) is 0 Å². The Balaban J connectivity index is 1.39. The number of nitrogens with one attached hydrogen (secondary N) is 1. The van der Waals surface area contributed by atoms with Crippen LogP contribution < -0.4 is 4.90 Å². The maximum Gasteiger partial charge on any atom is 0.413 e. The minimum Gasteiger partial charge on any atom is -0.465 e. The van der Waals surface area contributed by atoms with Gasteiger partial charge in [0, 0.05) is 42.8 Å². The van der Waals surface area contributed by atoms with Crippen LogP contribution in [0.1, 0.15) is 29.9 Å². The Bertz CT molecular complexity index is 1130. The fraction of sp³-hybridized carbons (Fsp3) is 0.391. The summed E-state index contributed by atoms with van der Waals surface area (Å²) in [5.74, 6) is 0.415. The van der Waals surface area contributed by atoms with E-state index >= 15 is 0 Å². The van der Waals surface area contributed by atoms with Crippen molar-refractivity contribution >= 4 is 57.6 Å². The Morgan fingerprint density at radius 1 is 1.27 bits per heavy atom. The van der Waals surface area contributed by atoms with Gasteiger partial charge in [0.15, 0.2) is 3.79 Å². The first kappa shape index (κ1) is 24.1. The van der Waals surface area contributed by atoms with E-state index in [1.807, 2.05) is 12.3 Å². The fourth-order valence-corrected chi connectivity index (χ4v) is 4.92. The maximum atomic E-state index is 13.5. The van der Waals surface area contributed by atoms with Crippen LogP contribution in [0.25, 0.3) is 10.9 Å². The molecule has 6 nitrogen and oxygen atoms in total. The number of H-pyrrole nitrogens is 1. The van der Waals surface area contributed by atoms with Crippen LogP contribution in [0.15, 0.2) is 42.7 Å². The van der Waals surface area contributed by atoms with Crippen molar-refractivity contribution in [2.45, 2.75) is 29.0 Å². The summed E-state index contributed by atoms with van der Waals surface area (Å²) in [4.78, 5) is 22.9. The van der Waals surface area contributed by atoms with Crippen LogP contribution in [-0.2, 0) is 6.42 Å². The van der Waals surface area contributed by atoms with E-state index in [4.69, 9.17) is 34.8 Å². The number of anilines is 1. The zero-order valence-corrected chi connectivity index (χ0v) is 20.0. The number of aromatic nitrogens is 2. The van der Waals surface area contributed by atoms with Crippen LogP contribution in [0.3, 0.4) is 0 Å². The van der Waals surface area contributed by atoms with Crippen LogP contribution in [0.4, 0.5) is 15.0 Å². The Labute approximate surface area is 206 Å². The second kappa shape index (κ2) is 10.1. The van der Waals surface area contributed by atoms with E-state index < -0.39 is 9.89 Å². The number of pyridine rings is 1. The van der Waals surface area contributed by atoms with E-state index in [1.165, 1.54) is 28.8 Å². The standard InChI is InChI=1S/C23H24Cl3FN4O2/c24-23(25,26)13-16-2-1-7-28-21(16)31(22(32)33)11-10-30-8-5-15(6-9-30)19-14-29-20-12-17(27)3-4-18(19)20/h1-4,7,12,14-15,29H,5-6,8-11,13H2,(H,32,33). The molecule has 176 valence electrons. The van der Waals surface area contributed by atoms with E-state index in [0.717, 1.165) is 36.8 Å². The number of rotatable bonds is 6. The first-order chi connectivity index (χ1) is 15.7. The number of hydrogen-bond acceptors (Lipinski definition) is 3. The lowest BCUT2D eigenvalue weighted by Crippen LogP contribution is -2.41. The molecule has 2 N–H and O–H groups in total. The van der Waals surface area contributed by atoms with E-state index in [1.54, 1.807) is 12.1 Å². The van der Waals surface area contributed by atoms with Crippen LogP contribution in [0.2, 0.25) is 0 Å². The highest BCUT2D eigenvalue weighted by Crippen LogP contribution is 2.34. The van der Waals surface area contributed by atoms with Gasteiger partial charge in [-0.2, -0.15) is 0 Å². The topological polar surface area (TPSA) is 72.5 Å². The van der Waals surface area contributed by atoms with E-state index in [-0.39, 0.29) is 24.6 Å². The van der Waals surface area contributed by atoms with E-state index in [0.29, 0.717) is 18.0 Å². The van der Waals surface area contributed by atoms with Crippen LogP contribution in [-0.4, -0.2) is 56.0 Å². The van der Waals surface area contributed by atoms with Gasteiger partial charge in [0.25, 0.3) is 0 Å². The molecule has 0 unspecified atom stereocenters. The largest absolute Gasteiger partial charge is 0.465 e. The van der Waals surface area contributed by atoms with Gasteiger partial charge < -0.3 is 15.0 Å². The number of amides is 1. The van der Waals surface area contributed by atoms with Gasteiger partial charge in [-0.1, -0.05) is 40.9 Å². The number of nitrogens with zero attached hydrogens (tertiary/aromatic N) is 3. The molecule has 1 fully saturated rings. The molecule has 1 aromatic carbocycles. The molecular formula is C23H24Cl3FN4O2. The molecule has 1 aliphatic rings. The summed E-state index contributed by atoms with van der Waals surface area (Å²) in [6.07, 6.45) is 4.36. The van der Waals surface area contributed by atoms with Crippen LogP contribution >= 0.6 is 34.8 Å². The van der Waals surface area contributed by atoms with Crippen molar-refractivity contribution in [2.75, 3.05) is 31.1 Å². The molecule has 1 aliphatic heterocycles. The summed E-state index contributed by atoms with van der Waals surface area (Å²) in [7, 11) is 0. The Morgan fingerprint density at radius 3 is 2.73 bits per heavy atom. The molecule has 0 radical (unpaired) electrons. The first-order valence-electron chi connectivity index (χ1n) is 10.7. The van der Waals surface area contributed by atoms with Gasteiger partial charge in [0.1, 0.15) is 11.6 Å². The Morgan fingerprint density at radius 2 is 2.03 bits per heavy atom. The molecule has 0 atom stereocenters. The van der Waals surface area contributed by atoms with Gasteiger partial charge in [-0.15, -0.1) is 0 Å². The summed E-state index contributed by atoms with van der Waals surface area (Å²) in [6, 6.07) is 8.25. The molecule has 3 heterocycles. The minimum absolute atomic E-state index is 0.0601. The number of carboxylic acid groups (broad SMARTS) is 1. The summed E-state index contributed by atoms with van der Waals surface area (Å²) >= 11 is 17.8. The molecule has 1 saturated heterocycles. The average Bonchev–Trinajstić information content (AvgIpc) is 3.17. The second-order valence-electron chi connectivity index (χ2n) is 8.26. The Kier molecular flexibility index (Phi) is 7.34. The molecule has 33 heavy (non-hydrogen) atoms. The van der Waals surface area contributed by atoms with Crippen molar-refractivity contribution in [3.8, 4) is 0 Å². The molecule has 0 spiro atoms. The van der Waals surface area contributed by atoms with Gasteiger partial charge in [-0.25, -0.2) is 14.2 Å². The summed E-state index contributed by atoms with van der Waals surface area (Å²) in [5, 5.41) is 10.9. The highest BCUT2D eigenvalue weighted by atomic mass is 35.6. The smallest absolute Gasteiger partial charge is 0.413 e. The highest BCUT2D eigenvalue weighted by Gasteiger charge is 2.28. The highest BCUT2D eigenvalue weighted by molar-refractivity contribution is 6.67. The first-order valence-corrected chi connectivity index (χ1v) is 11.8. The van der Waals surface area contributed by atoms with Gasteiger partial charge in [-0.05, 0) is 67.2 Å². The Hall–Kier alpha value is -2.06. The SMILES string of the molecule is O=C(O)N(CCN1CCC(c2c[nH]c3cc(F)ccc23)CC1)c1ncccc1CC(Cl)(Cl)Cl. The third kappa shape index (κ3) is 5.90. The van der Waals surface area contributed by atoms with E-state index in [9.17, 15) is 14.3 Å². The van der Waals surface area contributed by atoms with Gasteiger partial charge in [-0.3, -0.25) is 4.90 Å². The monoisotopic (exact) mass is 512 g/mol. The van der Waals surface area contributed by atoms with Gasteiger partial charge >= 0.3 is 6.09 Å². The van der Waals surface area contributed by atoms with Crippen molar-refractivity contribution in [3.05, 3.63) is 59.7 Å². The summed E-state index contributed by atoms with van der Waals surface area (Å²) in [6.45, 7) is 2.52. The summed E-state index contributed by atoms with van der Waals surface area (Å²) in [5.41, 5.74) is 2.58. The lowest BCUT2D eigenvalue weighted by Gasteiger charge is -2.33. The number of hydrogen-bond donors (Lipinski definition) is 2. The lowest BCUT2D eigenvalue weighted by atomic mass is 9.89. The number of benzene rings is 1. The fourth-order valence-electron chi connectivity index (χ4n) is 4.49. The van der Waals surface area contributed by atoms with Crippen molar-refractivity contribution < 1.29 is 14.3 Å². The van der Waals surface area contributed by atoms with Crippen molar-refractivity contribution in [3.63, 3.8) is 0 Å². The number of halogens is 4. The number of piperidine rings is 1. The third-order valence-electron chi connectivity index (χ3n) is 6.09. The molecule has 2 aromatic heterocycles. The quantitative estimate of drug-likeness (QED) is 0.398. The zero-order valence-electron chi connectivity index (χ0n) is 17.8. The maximum absolute atomic E-state index is 13.5. The average molecular weight is 514 g/mol. The normalized spacial score (nSPS) is 15.8. The van der Waals surface area contributed by atoms with Gasteiger partial charge in [0.05, 0.1) is 0 Å². The molecule has 10 heteroatoms. The van der Waals surface area contributed by atoms with Crippen molar-refractivity contribution in [1.29, 1.82) is 0 Å². The number of carbonyl (C=O) groups is 1. The van der Waals surface area contributed by atoms with Crippen molar-refractivity contribution in [1.82, 2.24) is 14.9 Å². The lowest BCUT2D eigenvalue weighted by molar-refractivity contribution is 0.193. The van der Waals surface area contributed by atoms with Gasteiger partial charge in [0.2, 0.25) is 0 Å². The number of likely N-dealkylation sites (tertiary alicyclic amines) is 1. The third-order valence-corrected chi connectivity index (χ3v) is 6.49. The number of alkyl halides is 3. The molecule has 1 amide bonds. The molecule has 3 aromatic rings. The molecule has 0 bridgehead atoms. The number of aromatic amines is 1.